The van der Waals surface area contributed by atoms with Crippen LogP contribution in [0.4, 0.5) is 0 Å². The molecule has 0 spiro atoms. The monoisotopic (exact) mass is 284 g/mol. The van der Waals surface area contributed by atoms with Crippen molar-refractivity contribution in [2.75, 3.05) is 0 Å². The van der Waals surface area contributed by atoms with Gasteiger partial charge in [-0.15, -0.1) is 0 Å². The number of rotatable bonds is 3. The molecule has 0 saturated heterocycles. The molecule has 0 aliphatic carbocycles. The topological polar surface area (TPSA) is 23.1 Å². The fraction of sp³-hybridized carbons (Fsp3) is 0.333. The van der Waals surface area contributed by atoms with Crippen LogP contribution in [0.3, 0.4) is 0 Å². The molecule has 1 atom stereocenters. The second-order valence-corrected chi connectivity index (χ2v) is 7.34. The van der Waals surface area contributed by atoms with Crippen LogP contribution < -0.4 is 0 Å². The Morgan fingerprint density at radius 3 is 2.60 bits per heavy atom. The SMILES string of the molecule is CC(C)CCc1ccc2c(c1)Cc1ccccc1[S+]2[O-]. The van der Waals surface area contributed by atoms with Crippen LogP contribution in [0.15, 0.2) is 52.3 Å². The summed E-state index contributed by atoms with van der Waals surface area (Å²) in [6, 6.07) is 14.6. The van der Waals surface area contributed by atoms with Gasteiger partial charge in [0.05, 0.1) is 0 Å². The first-order valence-electron chi connectivity index (χ1n) is 7.26. The minimum absolute atomic E-state index is 0.723. The van der Waals surface area contributed by atoms with Gasteiger partial charge in [0, 0.05) is 28.7 Å². The van der Waals surface area contributed by atoms with Gasteiger partial charge in [0.25, 0.3) is 0 Å². The molecule has 0 aromatic heterocycles. The average molecular weight is 284 g/mol. The maximum Gasteiger partial charge on any atom is 0.161 e. The Kier molecular flexibility index (Phi) is 3.86. The molecule has 1 aliphatic rings. The Hall–Kier alpha value is -1.25. The third-order valence-corrected chi connectivity index (χ3v) is 5.48. The molecule has 2 aromatic rings. The first-order valence-corrected chi connectivity index (χ1v) is 8.41. The maximum atomic E-state index is 12.6. The van der Waals surface area contributed by atoms with Gasteiger partial charge in [0.1, 0.15) is 0 Å². The molecule has 1 heterocycles. The summed E-state index contributed by atoms with van der Waals surface area (Å²) in [5, 5.41) is 0. The first kappa shape index (κ1) is 13.7. The number of benzene rings is 2. The summed E-state index contributed by atoms with van der Waals surface area (Å²) in [4.78, 5) is 1.98. The van der Waals surface area contributed by atoms with Crippen molar-refractivity contribution < 1.29 is 4.55 Å². The van der Waals surface area contributed by atoms with E-state index in [9.17, 15) is 4.55 Å². The molecule has 2 aromatic carbocycles. The molecular formula is C18H20OS. The van der Waals surface area contributed by atoms with E-state index in [2.05, 4.69) is 38.1 Å². The van der Waals surface area contributed by atoms with Crippen LogP contribution in [0.5, 0.6) is 0 Å². The summed E-state index contributed by atoms with van der Waals surface area (Å²) in [5.41, 5.74) is 3.82. The molecule has 2 heteroatoms. The van der Waals surface area contributed by atoms with Crippen molar-refractivity contribution in [2.45, 2.75) is 42.9 Å². The summed E-state index contributed by atoms with van der Waals surface area (Å²) in [6.45, 7) is 4.51. The molecule has 1 nitrogen and oxygen atoms in total. The molecular weight excluding hydrogens is 264 g/mol. The third kappa shape index (κ3) is 2.63. The third-order valence-electron chi connectivity index (χ3n) is 3.89. The fourth-order valence-electron chi connectivity index (χ4n) is 2.72. The van der Waals surface area contributed by atoms with Gasteiger partial charge in [-0.05, 0) is 36.5 Å². The fourth-order valence-corrected chi connectivity index (χ4v) is 4.10. The number of aryl methyl sites for hydroxylation is 1. The quantitative estimate of drug-likeness (QED) is 0.769. The highest BCUT2D eigenvalue weighted by Crippen LogP contribution is 2.34. The van der Waals surface area contributed by atoms with Crippen molar-refractivity contribution in [1.29, 1.82) is 0 Å². The lowest BCUT2D eigenvalue weighted by Crippen LogP contribution is -2.14. The molecule has 20 heavy (non-hydrogen) atoms. The first-order chi connectivity index (χ1) is 9.65. The molecule has 0 radical (unpaired) electrons. The van der Waals surface area contributed by atoms with E-state index in [1.807, 2.05) is 18.2 Å². The van der Waals surface area contributed by atoms with Gasteiger partial charge >= 0.3 is 0 Å². The predicted octanol–water partition coefficient (Wildman–Crippen LogP) is 4.35. The van der Waals surface area contributed by atoms with E-state index in [1.54, 1.807) is 0 Å². The van der Waals surface area contributed by atoms with Gasteiger partial charge in [-0.3, -0.25) is 0 Å². The van der Waals surface area contributed by atoms with Crippen molar-refractivity contribution in [1.82, 2.24) is 0 Å². The molecule has 0 saturated carbocycles. The predicted molar refractivity (Wildman–Crippen MR) is 83.5 cm³/mol. The van der Waals surface area contributed by atoms with Gasteiger partial charge in [0.2, 0.25) is 0 Å². The van der Waals surface area contributed by atoms with Crippen LogP contribution in [0, 0.1) is 5.92 Å². The molecule has 0 N–H and O–H groups in total. The van der Waals surface area contributed by atoms with Crippen molar-refractivity contribution in [3.8, 4) is 0 Å². The highest BCUT2D eigenvalue weighted by Gasteiger charge is 2.27. The van der Waals surface area contributed by atoms with Crippen molar-refractivity contribution in [2.24, 2.45) is 5.92 Å². The Morgan fingerprint density at radius 1 is 1.05 bits per heavy atom. The second-order valence-electron chi connectivity index (χ2n) is 5.93. The minimum Gasteiger partial charge on any atom is -0.606 e. The van der Waals surface area contributed by atoms with E-state index in [0.29, 0.717) is 0 Å². The summed E-state index contributed by atoms with van der Waals surface area (Å²) in [7, 11) is 0. The lowest BCUT2D eigenvalue weighted by molar-refractivity contribution is 0.584. The van der Waals surface area contributed by atoms with E-state index in [1.165, 1.54) is 23.1 Å². The lowest BCUT2D eigenvalue weighted by Gasteiger charge is -2.22. The van der Waals surface area contributed by atoms with Gasteiger partial charge < -0.3 is 4.55 Å². The van der Waals surface area contributed by atoms with Crippen LogP contribution in [-0.4, -0.2) is 4.55 Å². The minimum atomic E-state index is -1.01. The Labute approximate surface area is 124 Å². The van der Waals surface area contributed by atoms with Gasteiger partial charge in [0.15, 0.2) is 9.79 Å². The molecule has 1 aliphatic heterocycles. The van der Waals surface area contributed by atoms with Crippen molar-refractivity contribution in [3.63, 3.8) is 0 Å². The van der Waals surface area contributed by atoms with E-state index < -0.39 is 11.2 Å². The van der Waals surface area contributed by atoms with Gasteiger partial charge in [-0.25, -0.2) is 0 Å². The second kappa shape index (κ2) is 5.63. The van der Waals surface area contributed by atoms with E-state index in [0.717, 1.165) is 28.6 Å². The Bertz CT molecular complexity index is 619. The number of hydrogen-bond donors (Lipinski definition) is 0. The summed E-state index contributed by atoms with van der Waals surface area (Å²) >= 11 is -1.01. The highest BCUT2D eigenvalue weighted by atomic mass is 32.2. The van der Waals surface area contributed by atoms with Crippen molar-refractivity contribution >= 4 is 11.2 Å². The molecule has 3 rings (SSSR count). The summed E-state index contributed by atoms with van der Waals surface area (Å²) in [6.07, 6.45) is 3.23. The van der Waals surface area contributed by atoms with E-state index >= 15 is 0 Å². The molecule has 104 valence electrons. The number of fused-ring (bicyclic) bond motifs is 2. The average Bonchev–Trinajstić information content (AvgIpc) is 2.45. The van der Waals surface area contributed by atoms with Crippen LogP contribution in [0.1, 0.15) is 37.0 Å². The van der Waals surface area contributed by atoms with E-state index in [4.69, 9.17) is 0 Å². The zero-order valence-corrected chi connectivity index (χ0v) is 12.9. The molecule has 1 unspecified atom stereocenters. The van der Waals surface area contributed by atoms with Crippen LogP contribution in [0.25, 0.3) is 0 Å². The zero-order valence-electron chi connectivity index (χ0n) is 12.1. The lowest BCUT2D eigenvalue weighted by atomic mass is 9.98. The maximum absolute atomic E-state index is 12.6. The summed E-state index contributed by atoms with van der Waals surface area (Å²) < 4.78 is 12.6. The number of hydrogen-bond acceptors (Lipinski definition) is 1. The largest absolute Gasteiger partial charge is 0.606 e. The highest BCUT2D eigenvalue weighted by molar-refractivity contribution is 7.91. The van der Waals surface area contributed by atoms with Crippen LogP contribution >= 0.6 is 0 Å². The van der Waals surface area contributed by atoms with Crippen LogP contribution in [-0.2, 0) is 24.0 Å². The normalized spacial score (nSPS) is 16.9. The summed E-state index contributed by atoms with van der Waals surface area (Å²) in [5.74, 6) is 0.723. The van der Waals surface area contributed by atoms with E-state index in [-0.39, 0.29) is 0 Å². The molecule has 0 fully saturated rings. The molecule has 0 bridgehead atoms. The van der Waals surface area contributed by atoms with Crippen LogP contribution in [0.2, 0.25) is 0 Å². The molecule has 0 amide bonds. The zero-order chi connectivity index (χ0) is 14.1. The standard InChI is InChI=1S/C18H20OS/c1-13(2)7-8-14-9-10-18-16(11-14)12-15-5-3-4-6-17(15)20(18)19/h3-6,9-11,13H,7-8,12H2,1-2H3. The smallest absolute Gasteiger partial charge is 0.161 e. The van der Waals surface area contributed by atoms with Gasteiger partial charge in [-0.1, -0.05) is 44.2 Å². The van der Waals surface area contributed by atoms with Crippen molar-refractivity contribution in [3.05, 3.63) is 59.2 Å². The van der Waals surface area contributed by atoms with Gasteiger partial charge in [-0.2, -0.15) is 0 Å². The Balaban J connectivity index is 1.90. The Morgan fingerprint density at radius 2 is 1.80 bits per heavy atom.